The van der Waals surface area contributed by atoms with Gasteiger partial charge in [-0.1, -0.05) is 42.8 Å². The first-order valence-corrected chi connectivity index (χ1v) is 9.97. The summed E-state index contributed by atoms with van der Waals surface area (Å²) in [5.41, 5.74) is 3.20. The summed E-state index contributed by atoms with van der Waals surface area (Å²) >= 11 is 1.37. The van der Waals surface area contributed by atoms with Crippen LogP contribution in [0.15, 0.2) is 29.3 Å². The van der Waals surface area contributed by atoms with E-state index in [0.29, 0.717) is 0 Å². The molecule has 3 amide bonds. The number of hydrogen-bond donors (Lipinski definition) is 2. The van der Waals surface area contributed by atoms with Crippen molar-refractivity contribution in [1.82, 2.24) is 15.6 Å². The Labute approximate surface area is 158 Å². The Morgan fingerprint density at radius 3 is 2.65 bits per heavy atom. The van der Waals surface area contributed by atoms with Gasteiger partial charge in [-0.15, -0.1) is 0 Å². The summed E-state index contributed by atoms with van der Waals surface area (Å²) in [7, 11) is 0. The summed E-state index contributed by atoms with van der Waals surface area (Å²) in [6.45, 7) is 5.88. The van der Waals surface area contributed by atoms with Gasteiger partial charge in [0.15, 0.2) is 0 Å². The zero-order chi connectivity index (χ0) is 18.7. The number of imide groups is 1. The fourth-order valence-corrected chi connectivity index (χ4v) is 4.25. The zero-order valence-electron chi connectivity index (χ0n) is 15.5. The molecule has 0 saturated heterocycles. The van der Waals surface area contributed by atoms with Crippen molar-refractivity contribution in [3.05, 3.63) is 35.4 Å². The molecule has 1 heterocycles. The van der Waals surface area contributed by atoms with E-state index in [0.717, 1.165) is 52.7 Å². The van der Waals surface area contributed by atoms with Crippen LogP contribution in [0.5, 0.6) is 0 Å². The summed E-state index contributed by atoms with van der Waals surface area (Å²) in [5.74, 6) is -0.296. The number of hydrogen-bond acceptors (Lipinski definition) is 4. The molecule has 5 nitrogen and oxygen atoms in total. The molecule has 1 fully saturated rings. The second-order valence-electron chi connectivity index (χ2n) is 6.95. The second kappa shape index (κ2) is 8.08. The first kappa shape index (κ1) is 18.7. The van der Waals surface area contributed by atoms with E-state index >= 15 is 0 Å². The van der Waals surface area contributed by atoms with Crippen molar-refractivity contribution in [1.29, 1.82) is 0 Å². The highest BCUT2D eigenvalue weighted by molar-refractivity contribution is 8.00. The molecule has 1 saturated carbocycles. The number of rotatable bonds is 4. The largest absolute Gasteiger partial charge is 0.335 e. The van der Waals surface area contributed by atoms with Crippen molar-refractivity contribution in [2.75, 3.05) is 0 Å². The third kappa shape index (κ3) is 4.36. The van der Waals surface area contributed by atoms with Crippen molar-refractivity contribution in [2.45, 2.75) is 62.8 Å². The lowest BCUT2D eigenvalue weighted by Crippen LogP contribution is -2.45. The summed E-state index contributed by atoms with van der Waals surface area (Å²) in [6, 6.07) is 7.91. The Kier molecular flexibility index (Phi) is 5.81. The zero-order valence-corrected chi connectivity index (χ0v) is 16.3. The molecule has 1 atom stereocenters. The van der Waals surface area contributed by atoms with Crippen molar-refractivity contribution in [3.8, 4) is 0 Å². The number of aryl methyl sites for hydroxylation is 2. The smallest absolute Gasteiger partial charge is 0.321 e. The van der Waals surface area contributed by atoms with Gasteiger partial charge in [0, 0.05) is 11.4 Å². The summed E-state index contributed by atoms with van der Waals surface area (Å²) in [6.07, 6.45) is 4.26. The Morgan fingerprint density at radius 1 is 1.19 bits per heavy atom. The molecule has 2 aromatic rings. The van der Waals surface area contributed by atoms with E-state index in [4.69, 9.17) is 4.98 Å². The van der Waals surface area contributed by atoms with Crippen LogP contribution in [-0.2, 0) is 4.79 Å². The fraction of sp³-hybridized carbons (Fsp3) is 0.450. The van der Waals surface area contributed by atoms with Gasteiger partial charge >= 0.3 is 6.03 Å². The quantitative estimate of drug-likeness (QED) is 0.794. The number of nitrogens with zero attached hydrogens (tertiary/aromatic N) is 1. The number of thioether (sulfide) groups is 1. The molecule has 2 N–H and O–H groups in total. The maximum atomic E-state index is 12.3. The monoisotopic (exact) mass is 371 g/mol. The maximum Gasteiger partial charge on any atom is 0.321 e. The van der Waals surface area contributed by atoms with Crippen LogP contribution in [-0.4, -0.2) is 28.2 Å². The van der Waals surface area contributed by atoms with E-state index in [-0.39, 0.29) is 11.9 Å². The Balaban J connectivity index is 1.64. The highest BCUT2D eigenvalue weighted by Gasteiger charge is 2.21. The van der Waals surface area contributed by atoms with Gasteiger partial charge in [0.2, 0.25) is 5.91 Å². The third-order valence-electron chi connectivity index (χ3n) is 4.82. The predicted molar refractivity (Wildman–Crippen MR) is 105 cm³/mol. The average Bonchev–Trinajstić information content (AvgIpc) is 3.08. The van der Waals surface area contributed by atoms with Gasteiger partial charge in [-0.05, 0) is 50.8 Å². The van der Waals surface area contributed by atoms with Gasteiger partial charge in [0.1, 0.15) is 0 Å². The summed E-state index contributed by atoms with van der Waals surface area (Å²) in [5, 5.41) is 6.84. The van der Waals surface area contributed by atoms with Crippen LogP contribution in [0.3, 0.4) is 0 Å². The highest BCUT2D eigenvalue weighted by Crippen LogP contribution is 2.28. The molecule has 138 valence electrons. The molecular weight excluding hydrogens is 346 g/mol. The van der Waals surface area contributed by atoms with E-state index in [1.54, 1.807) is 6.92 Å². The van der Waals surface area contributed by atoms with Crippen LogP contribution in [0.4, 0.5) is 4.79 Å². The number of amides is 3. The lowest BCUT2D eigenvalue weighted by atomic mass is 10.1. The third-order valence-corrected chi connectivity index (χ3v) is 5.84. The highest BCUT2D eigenvalue weighted by atomic mass is 32.2. The average molecular weight is 372 g/mol. The van der Waals surface area contributed by atoms with E-state index in [1.165, 1.54) is 11.8 Å². The molecule has 0 unspecified atom stereocenters. The summed E-state index contributed by atoms with van der Waals surface area (Å²) in [4.78, 5) is 29.0. The number of nitrogens with one attached hydrogen (secondary N) is 2. The molecule has 1 aromatic carbocycles. The molecule has 1 aliphatic rings. The molecule has 6 heteroatoms. The number of carbonyl (C=O) groups is 2. The summed E-state index contributed by atoms with van der Waals surface area (Å²) < 4.78 is 0. The van der Waals surface area contributed by atoms with Crippen LogP contribution in [0.2, 0.25) is 0 Å². The number of benzene rings is 1. The molecule has 26 heavy (non-hydrogen) atoms. The topological polar surface area (TPSA) is 71.1 Å². The van der Waals surface area contributed by atoms with Crippen LogP contribution >= 0.6 is 11.8 Å². The molecule has 3 rings (SSSR count). The molecule has 0 spiro atoms. The number of para-hydroxylation sites is 1. The number of carbonyl (C=O) groups excluding carboxylic acids is 2. The number of aromatic nitrogens is 1. The minimum Gasteiger partial charge on any atom is -0.335 e. The SMILES string of the molecule is Cc1cc(S[C@@H](C)C(=O)NC(=O)NC2CCCC2)nc2c(C)cccc12. The van der Waals surface area contributed by atoms with Crippen molar-refractivity contribution < 1.29 is 9.59 Å². The van der Waals surface area contributed by atoms with E-state index in [9.17, 15) is 9.59 Å². The van der Waals surface area contributed by atoms with Gasteiger partial charge in [0.25, 0.3) is 0 Å². The molecule has 0 radical (unpaired) electrons. The lowest BCUT2D eigenvalue weighted by Gasteiger charge is -2.15. The minimum atomic E-state index is -0.405. The van der Waals surface area contributed by atoms with Crippen LogP contribution in [0.25, 0.3) is 10.9 Å². The Bertz CT molecular complexity index is 831. The number of urea groups is 1. The lowest BCUT2D eigenvalue weighted by molar-refractivity contribution is -0.119. The molecule has 1 aliphatic carbocycles. The maximum absolute atomic E-state index is 12.3. The number of pyridine rings is 1. The van der Waals surface area contributed by atoms with E-state index < -0.39 is 11.3 Å². The fourth-order valence-electron chi connectivity index (χ4n) is 3.33. The van der Waals surface area contributed by atoms with E-state index in [1.807, 2.05) is 32.0 Å². The first-order chi connectivity index (χ1) is 12.4. The van der Waals surface area contributed by atoms with Gasteiger partial charge in [-0.25, -0.2) is 9.78 Å². The van der Waals surface area contributed by atoms with Gasteiger partial charge in [-0.3, -0.25) is 10.1 Å². The molecular formula is C20H25N3O2S. The van der Waals surface area contributed by atoms with Crippen molar-refractivity contribution in [2.24, 2.45) is 0 Å². The number of fused-ring (bicyclic) bond motifs is 1. The Morgan fingerprint density at radius 2 is 1.92 bits per heavy atom. The van der Waals surface area contributed by atoms with Gasteiger partial charge in [-0.2, -0.15) is 0 Å². The molecule has 0 aliphatic heterocycles. The van der Waals surface area contributed by atoms with E-state index in [2.05, 4.69) is 16.7 Å². The minimum absolute atomic E-state index is 0.193. The Hall–Kier alpha value is -2.08. The van der Waals surface area contributed by atoms with Crippen LogP contribution < -0.4 is 10.6 Å². The standard InChI is InChI=1S/C20H25N3O2S/c1-12-7-6-10-16-13(2)11-17(22-18(12)16)26-14(3)19(24)23-20(25)21-15-8-4-5-9-15/h6-7,10-11,14-15H,4-5,8-9H2,1-3H3,(H2,21,23,24,25)/t14-/m0/s1. The molecule has 1 aromatic heterocycles. The van der Waals surface area contributed by atoms with Crippen LogP contribution in [0, 0.1) is 13.8 Å². The second-order valence-corrected chi connectivity index (χ2v) is 8.31. The van der Waals surface area contributed by atoms with Crippen LogP contribution in [0.1, 0.15) is 43.7 Å². The molecule has 0 bridgehead atoms. The first-order valence-electron chi connectivity index (χ1n) is 9.09. The van der Waals surface area contributed by atoms with Crippen molar-refractivity contribution in [3.63, 3.8) is 0 Å². The normalized spacial score (nSPS) is 15.8. The van der Waals surface area contributed by atoms with Gasteiger partial charge < -0.3 is 5.32 Å². The van der Waals surface area contributed by atoms with Crippen molar-refractivity contribution >= 4 is 34.6 Å². The predicted octanol–water partition coefficient (Wildman–Crippen LogP) is 4.10. The van der Waals surface area contributed by atoms with Gasteiger partial charge in [0.05, 0.1) is 15.8 Å².